The van der Waals surface area contributed by atoms with E-state index in [0.29, 0.717) is 10.8 Å². The number of rotatable bonds is 4. The summed E-state index contributed by atoms with van der Waals surface area (Å²) in [5.74, 6) is 0.953. The van der Waals surface area contributed by atoms with Crippen molar-refractivity contribution in [1.29, 1.82) is 0 Å². The van der Waals surface area contributed by atoms with Crippen LogP contribution >= 0.6 is 12.2 Å². The van der Waals surface area contributed by atoms with Crippen molar-refractivity contribution in [3.05, 3.63) is 16.5 Å². The maximum absolute atomic E-state index is 4.97. The average Bonchev–Trinajstić information content (AvgIpc) is 2.09. The minimum atomic E-state index is 0.374. The smallest absolute Gasteiger partial charge is 0.198 e. The Morgan fingerprint density at radius 3 is 2.86 bits per heavy atom. The van der Waals surface area contributed by atoms with E-state index in [1.54, 1.807) is 6.20 Å². The van der Waals surface area contributed by atoms with E-state index >= 15 is 0 Å². The van der Waals surface area contributed by atoms with E-state index < -0.39 is 0 Å². The molecule has 1 rings (SSSR count). The third-order valence-electron chi connectivity index (χ3n) is 1.69. The Bertz CT molecular complexity index is 345. The van der Waals surface area contributed by atoms with Gasteiger partial charge in [-0.05, 0) is 33.1 Å². The van der Waals surface area contributed by atoms with E-state index in [4.69, 9.17) is 12.2 Å². The molecule has 78 valence electrons. The van der Waals surface area contributed by atoms with Gasteiger partial charge in [-0.25, -0.2) is 4.98 Å². The van der Waals surface area contributed by atoms with Crippen molar-refractivity contribution in [3.8, 4) is 0 Å². The van der Waals surface area contributed by atoms with Crippen LogP contribution in [0.25, 0.3) is 0 Å². The van der Waals surface area contributed by atoms with E-state index in [9.17, 15) is 0 Å². The summed E-state index contributed by atoms with van der Waals surface area (Å²) in [5.41, 5.74) is 1.09. The molecule has 0 aromatic carbocycles. The summed E-state index contributed by atoms with van der Waals surface area (Å²) in [6.07, 6.45) is 1.79. The second kappa shape index (κ2) is 5.07. The third-order valence-corrected chi connectivity index (χ3v) is 1.90. The molecule has 0 radical (unpaired) electrons. The molecule has 0 unspecified atom stereocenters. The fraction of sp³-hybridized carbons (Fsp3) is 0.556. The molecule has 0 fully saturated rings. The van der Waals surface area contributed by atoms with Crippen molar-refractivity contribution < 1.29 is 0 Å². The molecule has 4 nitrogen and oxygen atoms in total. The summed E-state index contributed by atoms with van der Waals surface area (Å²) in [6.45, 7) is 4.94. The third kappa shape index (κ3) is 3.08. The van der Waals surface area contributed by atoms with Crippen LogP contribution in [0.5, 0.6) is 0 Å². The first-order valence-corrected chi connectivity index (χ1v) is 5.03. The molecule has 1 aromatic heterocycles. The van der Waals surface area contributed by atoms with Crippen molar-refractivity contribution in [1.82, 2.24) is 15.3 Å². The number of aromatic amines is 1. The van der Waals surface area contributed by atoms with Gasteiger partial charge in [0.2, 0.25) is 0 Å². The topological polar surface area (TPSA) is 52.7 Å². The Morgan fingerprint density at radius 2 is 2.29 bits per heavy atom. The molecular formula is C9H16N4S. The predicted octanol–water partition coefficient (Wildman–Crippen LogP) is 1.68. The summed E-state index contributed by atoms with van der Waals surface area (Å²) in [4.78, 5) is 7.09. The van der Waals surface area contributed by atoms with Crippen molar-refractivity contribution >= 4 is 18.0 Å². The van der Waals surface area contributed by atoms with Gasteiger partial charge in [0, 0.05) is 24.3 Å². The highest BCUT2D eigenvalue weighted by atomic mass is 32.1. The Morgan fingerprint density at radius 1 is 1.57 bits per heavy atom. The van der Waals surface area contributed by atoms with E-state index in [-0.39, 0.29) is 0 Å². The Kier molecular flexibility index (Phi) is 4.03. The average molecular weight is 212 g/mol. The number of aromatic nitrogens is 2. The van der Waals surface area contributed by atoms with Gasteiger partial charge in [0.25, 0.3) is 0 Å². The number of hydrogen-bond acceptors (Lipinski definition) is 4. The van der Waals surface area contributed by atoms with Crippen molar-refractivity contribution in [2.75, 3.05) is 12.4 Å². The van der Waals surface area contributed by atoms with Gasteiger partial charge in [-0.3, -0.25) is 0 Å². The largest absolute Gasteiger partial charge is 0.369 e. The standard InChI is InChI=1S/C9H16N4S/c1-6(2)12-8-7(4-10-3)5-11-9(14)13-8/h5-6,10H,4H2,1-3H3,(H2,11,12,13,14). The lowest BCUT2D eigenvalue weighted by Crippen LogP contribution is -2.16. The summed E-state index contributed by atoms with van der Waals surface area (Å²) < 4.78 is 0.507. The van der Waals surface area contributed by atoms with E-state index in [1.165, 1.54) is 0 Å². The van der Waals surface area contributed by atoms with Crippen LogP contribution in [0.4, 0.5) is 5.82 Å². The summed E-state index contributed by atoms with van der Waals surface area (Å²) >= 11 is 4.97. The summed E-state index contributed by atoms with van der Waals surface area (Å²) in [7, 11) is 1.90. The number of nitrogens with zero attached hydrogens (tertiary/aromatic N) is 1. The molecule has 0 bridgehead atoms. The van der Waals surface area contributed by atoms with E-state index in [0.717, 1.165) is 17.9 Å². The minimum Gasteiger partial charge on any atom is -0.369 e. The Labute approximate surface area is 89.2 Å². The van der Waals surface area contributed by atoms with Crippen molar-refractivity contribution in [3.63, 3.8) is 0 Å². The fourth-order valence-corrected chi connectivity index (χ4v) is 1.32. The Balaban J connectivity index is 2.96. The zero-order valence-electron chi connectivity index (χ0n) is 8.72. The van der Waals surface area contributed by atoms with Crippen LogP contribution in [-0.4, -0.2) is 23.1 Å². The zero-order chi connectivity index (χ0) is 10.6. The molecule has 1 aromatic rings. The molecule has 0 aliphatic carbocycles. The van der Waals surface area contributed by atoms with Gasteiger partial charge < -0.3 is 15.6 Å². The van der Waals surface area contributed by atoms with Gasteiger partial charge in [0.15, 0.2) is 4.77 Å². The first kappa shape index (κ1) is 11.1. The second-order valence-corrected chi connectivity index (χ2v) is 3.80. The number of H-pyrrole nitrogens is 1. The quantitative estimate of drug-likeness (QED) is 0.665. The molecule has 14 heavy (non-hydrogen) atoms. The number of anilines is 1. The van der Waals surface area contributed by atoms with Crippen LogP contribution in [0, 0.1) is 4.77 Å². The molecule has 3 N–H and O–H groups in total. The van der Waals surface area contributed by atoms with Gasteiger partial charge in [-0.15, -0.1) is 0 Å². The predicted molar refractivity (Wildman–Crippen MR) is 60.9 cm³/mol. The molecule has 0 amide bonds. The van der Waals surface area contributed by atoms with Gasteiger partial charge in [0.1, 0.15) is 5.82 Å². The summed E-state index contributed by atoms with van der Waals surface area (Å²) in [6, 6.07) is 0.374. The highest BCUT2D eigenvalue weighted by molar-refractivity contribution is 7.71. The molecule has 0 saturated heterocycles. The molecular weight excluding hydrogens is 196 g/mol. The maximum Gasteiger partial charge on any atom is 0.198 e. The molecule has 0 aliphatic heterocycles. The van der Waals surface area contributed by atoms with Crippen LogP contribution < -0.4 is 10.6 Å². The molecule has 0 atom stereocenters. The lowest BCUT2D eigenvalue weighted by atomic mass is 10.3. The van der Waals surface area contributed by atoms with Crippen molar-refractivity contribution in [2.24, 2.45) is 0 Å². The minimum absolute atomic E-state index is 0.374. The molecule has 0 spiro atoms. The lowest BCUT2D eigenvalue weighted by Gasteiger charge is -2.13. The van der Waals surface area contributed by atoms with Gasteiger partial charge in [0.05, 0.1) is 0 Å². The normalized spacial score (nSPS) is 10.6. The molecule has 0 aliphatic rings. The zero-order valence-corrected chi connectivity index (χ0v) is 9.53. The molecule has 5 heteroatoms. The van der Waals surface area contributed by atoms with Gasteiger partial charge in [-0.2, -0.15) is 0 Å². The Hall–Kier alpha value is -0.940. The first-order chi connectivity index (χ1) is 6.63. The number of hydrogen-bond donors (Lipinski definition) is 3. The van der Waals surface area contributed by atoms with Crippen LogP contribution in [0.1, 0.15) is 19.4 Å². The molecule has 1 heterocycles. The molecule has 0 saturated carbocycles. The summed E-state index contributed by atoms with van der Waals surface area (Å²) in [5, 5.41) is 6.38. The van der Waals surface area contributed by atoms with Crippen LogP contribution in [0.15, 0.2) is 6.20 Å². The number of nitrogens with one attached hydrogen (secondary N) is 3. The van der Waals surface area contributed by atoms with E-state index in [2.05, 4.69) is 34.4 Å². The van der Waals surface area contributed by atoms with Crippen LogP contribution in [0.2, 0.25) is 0 Å². The van der Waals surface area contributed by atoms with Crippen LogP contribution in [-0.2, 0) is 6.54 Å². The highest BCUT2D eigenvalue weighted by Gasteiger charge is 2.03. The highest BCUT2D eigenvalue weighted by Crippen LogP contribution is 2.11. The van der Waals surface area contributed by atoms with Gasteiger partial charge >= 0.3 is 0 Å². The SMILES string of the molecule is CNCc1cnc(=S)[nH]c1NC(C)C. The van der Waals surface area contributed by atoms with Crippen molar-refractivity contribution in [2.45, 2.75) is 26.4 Å². The lowest BCUT2D eigenvalue weighted by molar-refractivity contribution is 0.796. The van der Waals surface area contributed by atoms with E-state index in [1.807, 2.05) is 7.05 Å². The monoisotopic (exact) mass is 212 g/mol. The first-order valence-electron chi connectivity index (χ1n) is 4.63. The fourth-order valence-electron chi connectivity index (χ4n) is 1.16. The maximum atomic E-state index is 4.97. The van der Waals surface area contributed by atoms with Crippen LogP contribution in [0.3, 0.4) is 0 Å². The van der Waals surface area contributed by atoms with Gasteiger partial charge in [-0.1, -0.05) is 0 Å². The second-order valence-electron chi connectivity index (χ2n) is 3.42.